The SMILES string of the molecule is CC(C)(C)c1ccc(NC(=O)C2=CCN(c3ccccn3)CC2)cc1. The van der Waals surface area contributed by atoms with Crippen LogP contribution in [0, 0.1) is 0 Å². The minimum Gasteiger partial charge on any atom is -0.353 e. The van der Waals surface area contributed by atoms with Crippen LogP contribution in [0.5, 0.6) is 0 Å². The van der Waals surface area contributed by atoms with E-state index in [9.17, 15) is 4.79 Å². The first-order valence-electron chi connectivity index (χ1n) is 8.70. The second-order valence-corrected chi connectivity index (χ2v) is 7.39. The number of hydrogen-bond acceptors (Lipinski definition) is 3. The molecular weight excluding hydrogens is 310 g/mol. The van der Waals surface area contributed by atoms with E-state index in [0.717, 1.165) is 30.0 Å². The number of rotatable bonds is 3. The van der Waals surface area contributed by atoms with Crippen LogP contribution < -0.4 is 10.2 Å². The van der Waals surface area contributed by atoms with Crippen molar-refractivity contribution in [2.45, 2.75) is 32.6 Å². The number of nitrogens with one attached hydrogen (secondary N) is 1. The molecule has 0 fully saturated rings. The van der Waals surface area contributed by atoms with E-state index in [1.54, 1.807) is 6.20 Å². The van der Waals surface area contributed by atoms with E-state index in [0.29, 0.717) is 6.54 Å². The predicted molar refractivity (Wildman–Crippen MR) is 103 cm³/mol. The molecule has 0 unspecified atom stereocenters. The Kier molecular flexibility index (Phi) is 4.88. The van der Waals surface area contributed by atoms with E-state index in [1.165, 1.54) is 5.56 Å². The molecule has 25 heavy (non-hydrogen) atoms. The zero-order valence-corrected chi connectivity index (χ0v) is 15.1. The molecule has 1 amide bonds. The van der Waals surface area contributed by atoms with Gasteiger partial charge in [0.25, 0.3) is 5.91 Å². The molecule has 0 atom stereocenters. The molecule has 3 rings (SSSR count). The first kappa shape index (κ1) is 17.2. The van der Waals surface area contributed by atoms with Gasteiger partial charge in [0, 0.05) is 30.5 Å². The lowest BCUT2D eigenvalue weighted by molar-refractivity contribution is -0.113. The lowest BCUT2D eigenvalue weighted by Crippen LogP contribution is -2.32. The number of benzene rings is 1. The maximum Gasteiger partial charge on any atom is 0.251 e. The van der Waals surface area contributed by atoms with Crippen LogP contribution in [0.4, 0.5) is 11.5 Å². The lowest BCUT2D eigenvalue weighted by atomic mass is 9.87. The highest BCUT2D eigenvalue weighted by Crippen LogP contribution is 2.24. The van der Waals surface area contributed by atoms with Crippen LogP contribution in [0.25, 0.3) is 0 Å². The average molecular weight is 335 g/mol. The van der Waals surface area contributed by atoms with E-state index in [4.69, 9.17) is 0 Å². The van der Waals surface area contributed by atoms with E-state index < -0.39 is 0 Å². The van der Waals surface area contributed by atoms with Gasteiger partial charge in [-0.3, -0.25) is 4.79 Å². The molecule has 0 spiro atoms. The minimum atomic E-state index is -0.0100. The third-order valence-corrected chi connectivity index (χ3v) is 4.48. The van der Waals surface area contributed by atoms with Crippen LogP contribution in [0.2, 0.25) is 0 Å². The first-order chi connectivity index (χ1) is 11.9. The molecule has 4 nitrogen and oxygen atoms in total. The number of aromatic nitrogens is 1. The van der Waals surface area contributed by atoms with Crippen LogP contribution in [0.1, 0.15) is 32.8 Å². The summed E-state index contributed by atoms with van der Waals surface area (Å²) in [6.07, 6.45) is 4.52. The van der Waals surface area contributed by atoms with Crippen molar-refractivity contribution in [1.82, 2.24) is 4.98 Å². The standard InChI is InChI=1S/C21H25N3O/c1-21(2,3)17-7-9-18(10-8-17)23-20(25)16-11-14-24(15-12-16)19-6-4-5-13-22-19/h4-11,13H,12,14-15H2,1-3H3,(H,23,25). The molecule has 0 aliphatic carbocycles. The molecule has 1 N–H and O–H groups in total. The summed E-state index contributed by atoms with van der Waals surface area (Å²) in [4.78, 5) is 19.0. The Morgan fingerprint density at radius 2 is 1.88 bits per heavy atom. The Balaban J connectivity index is 1.61. The Bertz CT molecular complexity index is 758. The molecule has 0 saturated carbocycles. The fraction of sp³-hybridized carbons (Fsp3) is 0.333. The maximum absolute atomic E-state index is 12.5. The van der Waals surface area contributed by atoms with Crippen molar-refractivity contribution >= 4 is 17.4 Å². The monoisotopic (exact) mass is 335 g/mol. The number of carbonyl (C=O) groups is 1. The van der Waals surface area contributed by atoms with Gasteiger partial charge in [-0.25, -0.2) is 4.98 Å². The highest BCUT2D eigenvalue weighted by Gasteiger charge is 2.18. The smallest absolute Gasteiger partial charge is 0.251 e. The van der Waals surface area contributed by atoms with Gasteiger partial charge in [0.15, 0.2) is 0 Å². The summed E-state index contributed by atoms with van der Waals surface area (Å²) in [5.74, 6) is 0.945. The third-order valence-electron chi connectivity index (χ3n) is 4.48. The predicted octanol–water partition coefficient (Wildman–Crippen LogP) is 4.15. The van der Waals surface area contributed by atoms with Crippen LogP contribution in [-0.2, 0) is 10.2 Å². The highest BCUT2D eigenvalue weighted by molar-refractivity contribution is 6.04. The van der Waals surface area contributed by atoms with E-state index >= 15 is 0 Å². The van der Waals surface area contributed by atoms with Gasteiger partial charge in [0.1, 0.15) is 5.82 Å². The Hall–Kier alpha value is -2.62. The van der Waals surface area contributed by atoms with Crippen LogP contribution in [0.15, 0.2) is 60.3 Å². The molecule has 2 aromatic rings. The summed E-state index contributed by atoms with van der Waals surface area (Å²) in [6, 6.07) is 14.0. The summed E-state index contributed by atoms with van der Waals surface area (Å²) in [6.45, 7) is 8.06. The molecule has 4 heteroatoms. The Morgan fingerprint density at radius 1 is 1.12 bits per heavy atom. The fourth-order valence-corrected chi connectivity index (χ4v) is 2.89. The second kappa shape index (κ2) is 7.09. The number of carbonyl (C=O) groups excluding carboxylic acids is 1. The largest absolute Gasteiger partial charge is 0.353 e. The number of nitrogens with zero attached hydrogens (tertiary/aromatic N) is 2. The van der Waals surface area contributed by atoms with Gasteiger partial charge in [-0.1, -0.05) is 45.0 Å². The van der Waals surface area contributed by atoms with Gasteiger partial charge >= 0.3 is 0 Å². The van der Waals surface area contributed by atoms with Gasteiger partial charge in [-0.05, 0) is 41.7 Å². The molecule has 0 radical (unpaired) electrons. The van der Waals surface area contributed by atoms with Crippen molar-refractivity contribution in [3.8, 4) is 0 Å². The summed E-state index contributed by atoms with van der Waals surface area (Å²) in [5, 5.41) is 3.00. The zero-order valence-electron chi connectivity index (χ0n) is 15.1. The lowest BCUT2D eigenvalue weighted by Gasteiger charge is -2.27. The number of hydrogen-bond donors (Lipinski definition) is 1. The normalized spacial score (nSPS) is 14.8. The number of anilines is 2. The molecule has 1 aliphatic heterocycles. The molecule has 0 bridgehead atoms. The Morgan fingerprint density at radius 3 is 2.44 bits per heavy atom. The van der Waals surface area contributed by atoms with Crippen LogP contribution in [-0.4, -0.2) is 24.0 Å². The molecule has 1 aromatic carbocycles. The summed E-state index contributed by atoms with van der Waals surface area (Å²) < 4.78 is 0. The molecule has 130 valence electrons. The number of pyridine rings is 1. The van der Waals surface area contributed by atoms with Gasteiger partial charge < -0.3 is 10.2 Å². The molecule has 1 aliphatic rings. The van der Waals surface area contributed by atoms with Crippen LogP contribution in [0.3, 0.4) is 0 Å². The fourth-order valence-electron chi connectivity index (χ4n) is 2.89. The highest BCUT2D eigenvalue weighted by atomic mass is 16.1. The summed E-state index contributed by atoms with van der Waals surface area (Å²) >= 11 is 0. The topological polar surface area (TPSA) is 45.2 Å². The van der Waals surface area contributed by atoms with E-state index in [-0.39, 0.29) is 11.3 Å². The molecule has 1 aromatic heterocycles. The zero-order chi connectivity index (χ0) is 17.9. The number of amides is 1. The van der Waals surface area contributed by atoms with Crippen molar-refractivity contribution in [3.63, 3.8) is 0 Å². The average Bonchev–Trinajstić information content (AvgIpc) is 2.62. The third kappa shape index (κ3) is 4.27. The quantitative estimate of drug-likeness (QED) is 0.916. The molecule has 0 saturated heterocycles. The minimum absolute atomic E-state index is 0.0100. The van der Waals surface area contributed by atoms with Crippen molar-refractivity contribution in [2.24, 2.45) is 0 Å². The molecular formula is C21H25N3O. The second-order valence-electron chi connectivity index (χ2n) is 7.39. The van der Waals surface area contributed by atoms with Crippen molar-refractivity contribution in [3.05, 3.63) is 65.9 Å². The molecule has 2 heterocycles. The van der Waals surface area contributed by atoms with E-state index in [2.05, 4.69) is 48.1 Å². The van der Waals surface area contributed by atoms with Crippen molar-refractivity contribution in [1.29, 1.82) is 0 Å². The maximum atomic E-state index is 12.5. The Labute approximate surface area is 149 Å². The summed E-state index contributed by atoms with van der Waals surface area (Å²) in [5.41, 5.74) is 3.05. The first-order valence-corrected chi connectivity index (χ1v) is 8.70. The van der Waals surface area contributed by atoms with Gasteiger partial charge in [-0.15, -0.1) is 0 Å². The van der Waals surface area contributed by atoms with Crippen molar-refractivity contribution < 1.29 is 4.79 Å². The van der Waals surface area contributed by atoms with Gasteiger partial charge in [0.05, 0.1) is 0 Å². The van der Waals surface area contributed by atoms with Crippen LogP contribution >= 0.6 is 0 Å². The van der Waals surface area contributed by atoms with Crippen molar-refractivity contribution in [2.75, 3.05) is 23.3 Å². The van der Waals surface area contributed by atoms with E-state index in [1.807, 2.05) is 36.4 Å². The van der Waals surface area contributed by atoms with Gasteiger partial charge in [-0.2, -0.15) is 0 Å². The summed E-state index contributed by atoms with van der Waals surface area (Å²) in [7, 11) is 0. The van der Waals surface area contributed by atoms with Gasteiger partial charge in [0.2, 0.25) is 0 Å².